The van der Waals surface area contributed by atoms with Crippen molar-refractivity contribution in [1.82, 2.24) is 9.78 Å². The van der Waals surface area contributed by atoms with Crippen molar-refractivity contribution in [2.24, 2.45) is 0 Å². The summed E-state index contributed by atoms with van der Waals surface area (Å²) in [5.74, 6) is 0.165. The summed E-state index contributed by atoms with van der Waals surface area (Å²) in [5.41, 5.74) is 2.07. The van der Waals surface area contributed by atoms with Gasteiger partial charge in [0.15, 0.2) is 9.84 Å². The molecular formula is C17H21N3O3S. The Kier molecular flexibility index (Phi) is 4.45. The molecule has 0 bridgehead atoms. The molecule has 1 unspecified atom stereocenters. The van der Waals surface area contributed by atoms with Gasteiger partial charge in [0.2, 0.25) is 0 Å². The molecule has 6 nitrogen and oxygen atoms in total. The monoisotopic (exact) mass is 347 g/mol. The lowest BCUT2D eigenvalue weighted by atomic mass is 10.2. The van der Waals surface area contributed by atoms with Gasteiger partial charge in [-0.05, 0) is 32.4 Å². The number of hydrogen-bond donors (Lipinski definition) is 0. The van der Waals surface area contributed by atoms with Crippen LogP contribution in [0.4, 0.5) is 5.69 Å². The predicted molar refractivity (Wildman–Crippen MR) is 93.1 cm³/mol. The SMILES string of the molecule is CCN(C(=O)c1cnn(C2CCS(=O)(=O)C2)c1C)c1ccccc1. The van der Waals surface area contributed by atoms with Crippen molar-refractivity contribution < 1.29 is 13.2 Å². The molecule has 1 aliphatic rings. The summed E-state index contributed by atoms with van der Waals surface area (Å²) in [4.78, 5) is 14.6. The summed E-state index contributed by atoms with van der Waals surface area (Å²) < 4.78 is 25.1. The van der Waals surface area contributed by atoms with Crippen LogP contribution in [0.15, 0.2) is 36.5 Å². The van der Waals surface area contributed by atoms with Crippen LogP contribution in [0.5, 0.6) is 0 Å². The van der Waals surface area contributed by atoms with E-state index in [2.05, 4.69) is 5.10 Å². The van der Waals surface area contributed by atoms with Crippen LogP contribution in [0.25, 0.3) is 0 Å². The van der Waals surface area contributed by atoms with E-state index in [9.17, 15) is 13.2 Å². The second-order valence-corrected chi connectivity index (χ2v) is 8.26. The van der Waals surface area contributed by atoms with Gasteiger partial charge in [-0.2, -0.15) is 5.10 Å². The number of anilines is 1. The number of aromatic nitrogens is 2. The summed E-state index contributed by atoms with van der Waals surface area (Å²) in [6.07, 6.45) is 2.10. The molecule has 0 saturated carbocycles. The number of para-hydroxylation sites is 1. The minimum atomic E-state index is -2.99. The van der Waals surface area contributed by atoms with E-state index in [1.54, 1.807) is 15.8 Å². The van der Waals surface area contributed by atoms with Crippen molar-refractivity contribution in [3.05, 3.63) is 47.8 Å². The maximum atomic E-state index is 12.9. The molecule has 24 heavy (non-hydrogen) atoms. The molecule has 1 aromatic heterocycles. The maximum Gasteiger partial charge on any atom is 0.261 e. The predicted octanol–water partition coefficient (Wildman–Crippen LogP) is 2.22. The highest BCUT2D eigenvalue weighted by Crippen LogP contribution is 2.26. The second kappa shape index (κ2) is 6.39. The minimum Gasteiger partial charge on any atom is -0.309 e. The molecule has 7 heteroatoms. The summed E-state index contributed by atoms with van der Waals surface area (Å²) in [5, 5.41) is 4.30. The third-order valence-corrected chi connectivity index (χ3v) is 6.21. The fourth-order valence-electron chi connectivity index (χ4n) is 3.17. The van der Waals surface area contributed by atoms with E-state index in [0.717, 1.165) is 11.4 Å². The number of carbonyl (C=O) groups excluding carboxylic acids is 1. The van der Waals surface area contributed by atoms with Gasteiger partial charge in [0.25, 0.3) is 5.91 Å². The molecule has 1 amide bonds. The molecular weight excluding hydrogens is 326 g/mol. The first kappa shape index (κ1) is 16.7. The van der Waals surface area contributed by atoms with Gasteiger partial charge < -0.3 is 4.90 Å². The molecule has 0 N–H and O–H groups in total. The van der Waals surface area contributed by atoms with E-state index in [1.165, 1.54) is 0 Å². The lowest BCUT2D eigenvalue weighted by molar-refractivity contribution is 0.0987. The van der Waals surface area contributed by atoms with Gasteiger partial charge >= 0.3 is 0 Å². The van der Waals surface area contributed by atoms with E-state index in [0.29, 0.717) is 18.5 Å². The van der Waals surface area contributed by atoms with Crippen LogP contribution in [-0.4, -0.2) is 42.2 Å². The first-order valence-electron chi connectivity index (χ1n) is 8.04. The second-order valence-electron chi connectivity index (χ2n) is 6.03. The van der Waals surface area contributed by atoms with E-state index >= 15 is 0 Å². The number of hydrogen-bond acceptors (Lipinski definition) is 4. The number of nitrogens with zero attached hydrogens (tertiary/aromatic N) is 3. The normalized spacial score (nSPS) is 19.3. The van der Waals surface area contributed by atoms with Crippen LogP contribution in [0.3, 0.4) is 0 Å². The first-order valence-corrected chi connectivity index (χ1v) is 9.86. The zero-order valence-electron chi connectivity index (χ0n) is 13.8. The number of rotatable bonds is 4. The fraction of sp³-hybridized carbons (Fsp3) is 0.412. The number of amides is 1. The Hall–Kier alpha value is -2.15. The highest BCUT2D eigenvalue weighted by Gasteiger charge is 2.32. The molecule has 1 saturated heterocycles. The topological polar surface area (TPSA) is 72.3 Å². The van der Waals surface area contributed by atoms with Crippen molar-refractivity contribution in [3.63, 3.8) is 0 Å². The lowest BCUT2D eigenvalue weighted by Crippen LogP contribution is -2.31. The van der Waals surface area contributed by atoms with Gasteiger partial charge in [0.1, 0.15) is 0 Å². The summed E-state index contributed by atoms with van der Waals surface area (Å²) in [7, 11) is -2.99. The number of carbonyl (C=O) groups is 1. The molecule has 0 spiro atoms. The van der Waals surface area contributed by atoms with Gasteiger partial charge in [0, 0.05) is 17.9 Å². The van der Waals surface area contributed by atoms with Gasteiger partial charge in [-0.25, -0.2) is 8.42 Å². The van der Waals surface area contributed by atoms with Crippen LogP contribution < -0.4 is 4.90 Å². The Labute approximate surface area is 142 Å². The standard InChI is InChI=1S/C17H21N3O3S/c1-3-19(14-7-5-4-6-8-14)17(21)16-11-18-20(13(16)2)15-9-10-24(22,23)12-15/h4-8,11,15H,3,9-10,12H2,1-2H3. The number of benzene rings is 1. The van der Waals surface area contributed by atoms with Crippen LogP contribution in [-0.2, 0) is 9.84 Å². The van der Waals surface area contributed by atoms with E-state index < -0.39 is 9.84 Å². The molecule has 1 aliphatic heterocycles. The zero-order chi connectivity index (χ0) is 17.3. The summed E-state index contributed by atoms with van der Waals surface area (Å²) in [6.45, 7) is 4.30. The molecule has 1 aromatic carbocycles. The van der Waals surface area contributed by atoms with Gasteiger partial charge in [-0.15, -0.1) is 0 Å². The van der Waals surface area contributed by atoms with Crippen molar-refractivity contribution in [1.29, 1.82) is 0 Å². The molecule has 128 valence electrons. The quantitative estimate of drug-likeness (QED) is 0.850. The Morgan fingerprint density at radius 2 is 2.04 bits per heavy atom. The molecule has 0 aliphatic carbocycles. The molecule has 2 aromatic rings. The maximum absolute atomic E-state index is 12.9. The third kappa shape index (κ3) is 3.08. The Morgan fingerprint density at radius 3 is 2.62 bits per heavy atom. The van der Waals surface area contributed by atoms with Crippen molar-refractivity contribution in [2.75, 3.05) is 23.0 Å². The Morgan fingerprint density at radius 1 is 1.33 bits per heavy atom. The van der Waals surface area contributed by atoms with Crippen molar-refractivity contribution >= 4 is 21.4 Å². The van der Waals surface area contributed by atoms with Gasteiger partial charge in [-0.3, -0.25) is 9.48 Å². The highest BCUT2D eigenvalue weighted by atomic mass is 32.2. The van der Waals surface area contributed by atoms with E-state index in [4.69, 9.17) is 0 Å². The third-order valence-electron chi connectivity index (χ3n) is 4.46. The molecule has 2 heterocycles. The first-order chi connectivity index (χ1) is 11.4. The number of sulfone groups is 1. The molecule has 1 atom stereocenters. The minimum absolute atomic E-state index is 0.0966. The highest BCUT2D eigenvalue weighted by molar-refractivity contribution is 7.91. The van der Waals surface area contributed by atoms with Crippen LogP contribution in [0.1, 0.15) is 35.4 Å². The van der Waals surface area contributed by atoms with E-state index in [1.807, 2.05) is 44.2 Å². The fourth-order valence-corrected chi connectivity index (χ4v) is 4.86. The Balaban J connectivity index is 1.89. The molecule has 1 fully saturated rings. The van der Waals surface area contributed by atoms with Crippen LogP contribution in [0, 0.1) is 6.92 Å². The van der Waals surface area contributed by atoms with Gasteiger partial charge in [-0.1, -0.05) is 18.2 Å². The lowest BCUT2D eigenvalue weighted by Gasteiger charge is -2.21. The Bertz CT molecular complexity index is 843. The van der Waals surface area contributed by atoms with Crippen LogP contribution >= 0.6 is 0 Å². The summed E-state index contributed by atoms with van der Waals surface area (Å²) >= 11 is 0. The largest absolute Gasteiger partial charge is 0.309 e. The van der Waals surface area contributed by atoms with Gasteiger partial charge in [0.05, 0.1) is 29.3 Å². The average molecular weight is 347 g/mol. The molecule has 3 rings (SSSR count). The van der Waals surface area contributed by atoms with Crippen molar-refractivity contribution in [2.45, 2.75) is 26.3 Å². The van der Waals surface area contributed by atoms with Crippen LogP contribution in [0.2, 0.25) is 0 Å². The zero-order valence-corrected chi connectivity index (χ0v) is 14.7. The summed E-state index contributed by atoms with van der Waals surface area (Å²) in [6, 6.07) is 9.31. The molecule has 0 radical (unpaired) electrons. The smallest absolute Gasteiger partial charge is 0.261 e. The average Bonchev–Trinajstić information content (AvgIpc) is 3.11. The van der Waals surface area contributed by atoms with E-state index in [-0.39, 0.29) is 23.5 Å². The van der Waals surface area contributed by atoms with Crippen molar-refractivity contribution in [3.8, 4) is 0 Å².